The highest BCUT2D eigenvalue weighted by Crippen LogP contribution is 2.37. The van der Waals surface area contributed by atoms with E-state index in [4.69, 9.17) is 0 Å². The molecular formula is C22H24N2. The van der Waals surface area contributed by atoms with E-state index in [1.807, 2.05) is 0 Å². The molecule has 0 radical (unpaired) electrons. The highest BCUT2D eigenvalue weighted by Gasteiger charge is 2.24. The Morgan fingerprint density at radius 1 is 1.08 bits per heavy atom. The first-order valence-electron chi connectivity index (χ1n) is 8.81. The van der Waals surface area contributed by atoms with E-state index in [1.54, 1.807) is 0 Å². The molecule has 2 aromatic carbocycles. The summed E-state index contributed by atoms with van der Waals surface area (Å²) in [6.07, 6.45) is 5.76. The number of hydrogen-bond acceptors (Lipinski definition) is 1. The van der Waals surface area contributed by atoms with Gasteiger partial charge in [-0.2, -0.15) is 0 Å². The van der Waals surface area contributed by atoms with Crippen LogP contribution in [0.3, 0.4) is 0 Å². The molecule has 0 fully saturated rings. The number of rotatable bonds is 4. The Labute approximate surface area is 144 Å². The average molecular weight is 316 g/mol. The zero-order chi connectivity index (χ0) is 16.7. The summed E-state index contributed by atoms with van der Waals surface area (Å²) in [7, 11) is 2.09. The lowest BCUT2D eigenvalue weighted by Crippen LogP contribution is -2.12. The molecule has 2 heteroatoms. The maximum atomic E-state index is 4.38. The van der Waals surface area contributed by atoms with Gasteiger partial charge in [-0.05, 0) is 54.3 Å². The number of nitrogens with zero attached hydrogens (tertiary/aromatic N) is 2. The number of anilines is 1. The minimum absolute atomic E-state index is 0.917. The van der Waals surface area contributed by atoms with E-state index in [9.17, 15) is 0 Å². The molecule has 0 spiro atoms. The molecule has 1 aromatic heterocycles. The Morgan fingerprint density at radius 2 is 1.96 bits per heavy atom. The van der Waals surface area contributed by atoms with Gasteiger partial charge in [-0.15, -0.1) is 0 Å². The summed E-state index contributed by atoms with van der Waals surface area (Å²) in [6.45, 7) is 7.54. The molecule has 4 rings (SSSR count). The number of fused-ring (bicyclic) bond motifs is 2. The van der Waals surface area contributed by atoms with Crippen LogP contribution in [0.1, 0.15) is 36.5 Å². The highest BCUT2D eigenvalue weighted by molar-refractivity contribution is 5.89. The van der Waals surface area contributed by atoms with Crippen molar-refractivity contribution in [3.8, 4) is 0 Å². The Morgan fingerprint density at radius 3 is 2.79 bits per heavy atom. The Bertz CT molecular complexity index is 917. The number of hydrogen-bond donors (Lipinski definition) is 0. The maximum absolute atomic E-state index is 4.38. The number of aromatic nitrogens is 1. The van der Waals surface area contributed by atoms with E-state index in [0.29, 0.717) is 0 Å². The molecule has 1 aliphatic rings. The molecule has 0 atom stereocenters. The van der Waals surface area contributed by atoms with Crippen LogP contribution in [0.15, 0.2) is 55.2 Å². The molecule has 0 saturated carbocycles. The third-order valence-electron chi connectivity index (χ3n) is 5.14. The molecule has 0 saturated heterocycles. The highest BCUT2D eigenvalue weighted by atomic mass is 15.2. The standard InChI is InChI=1S/C22H24N2/c1-4-5-6-17-7-8-19-15-24(16(2)21(19)13-17)20-9-10-22-18(14-20)11-12-23(22)3/h7-14H,2,4-6,15H2,1,3H3. The van der Waals surface area contributed by atoms with Gasteiger partial charge in [0.05, 0.1) is 0 Å². The van der Waals surface area contributed by atoms with Gasteiger partial charge < -0.3 is 9.47 Å². The summed E-state index contributed by atoms with van der Waals surface area (Å²) in [5.74, 6) is 0. The van der Waals surface area contributed by atoms with E-state index >= 15 is 0 Å². The monoisotopic (exact) mass is 316 g/mol. The molecule has 0 N–H and O–H groups in total. The molecular weight excluding hydrogens is 292 g/mol. The fraction of sp³-hybridized carbons (Fsp3) is 0.273. The minimum atomic E-state index is 0.917. The van der Waals surface area contributed by atoms with Crippen molar-refractivity contribution in [2.75, 3.05) is 4.90 Å². The maximum Gasteiger partial charge on any atom is 0.0488 e. The number of aryl methyl sites for hydroxylation is 2. The molecule has 0 unspecified atom stereocenters. The van der Waals surface area contributed by atoms with Crippen LogP contribution in [-0.4, -0.2) is 4.57 Å². The first-order chi connectivity index (χ1) is 11.7. The Balaban J connectivity index is 1.66. The molecule has 2 nitrogen and oxygen atoms in total. The van der Waals surface area contributed by atoms with Crippen LogP contribution in [0.2, 0.25) is 0 Å². The molecule has 2 heterocycles. The summed E-state index contributed by atoms with van der Waals surface area (Å²) >= 11 is 0. The van der Waals surface area contributed by atoms with Crippen molar-refractivity contribution in [2.45, 2.75) is 32.7 Å². The van der Waals surface area contributed by atoms with E-state index in [-0.39, 0.29) is 0 Å². The van der Waals surface area contributed by atoms with Crippen LogP contribution >= 0.6 is 0 Å². The Hall–Kier alpha value is -2.48. The molecule has 3 aromatic rings. The fourth-order valence-electron chi connectivity index (χ4n) is 3.66. The second-order valence-electron chi connectivity index (χ2n) is 6.80. The van der Waals surface area contributed by atoms with Crippen LogP contribution in [0, 0.1) is 0 Å². The van der Waals surface area contributed by atoms with Crippen LogP contribution < -0.4 is 4.90 Å². The van der Waals surface area contributed by atoms with Crippen LogP contribution in [0.4, 0.5) is 5.69 Å². The summed E-state index contributed by atoms with van der Waals surface area (Å²) in [5.41, 5.74) is 7.74. The normalized spacial score (nSPS) is 13.8. The van der Waals surface area contributed by atoms with Crippen LogP contribution in [-0.2, 0) is 20.0 Å². The quantitative estimate of drug-likeness (QED) is 0.616. The first-order valence-corrected chi connectivity index (χ1v) is 8.81. The van der Waals surface area contributed by atoms with E-state index in [2.05, 4.69) is 78.7 Å². The largest absolute Gasteiger partial charge is 0.351 e. The Kier molecular flexibility index (Phi) is 3.68. The average Bonchev–Trinajstić information content (AvgIpc) is 3.13. The fourth-order valence-corrected chi connectivity index (χ4v) is 3.66. The van der Waals surface area contributed by atoms with E-state index in [1.165, 1.54) is 46.1 Å². The van der Waals surface area contributed by atoms with Gasteiger partial charge in [0.2, 0.25) is 0 Å². The van der Waals surface area contributed by atoms with Crippen molar-refractivity contribution in [2.24, 2.45) is 7.05 Å². The summed E-state index contributed by atoms with van der Waals surface area (Å²) in [4.78, 5) is 2.33. The predicted molar refractivity (Wildman–Crippen MR) is 103 cm³/mol. The van der Waals surface area contributed by atoms with Crippen LogP contribution in [0.25, 0.3) is 16.6 Å². The van der Waals surface area contributed by atoms with Gasteiger partial charge in [-0.3, -0.25) is 0 Å². The van der Waals surface area contributed by atoms with Gasteiger partial charge in [-0.1, -0.05) is 32.1 Å². The van der Waals surface area contributed by atoms with Crippen molar-refractivity contribution in [1.82, 2.24) is 4.57 Å². The SMILES string of the molecule is C=C1c2cc(CCCC)ccc2CN1c1ccc2c(ccn2C)c1. The van der Waals surface area contributed by atoms with Crippen molar-refractivity contribution in [1.29, 1.82) is 0 Å². The number of unbranched alkanes of at least 4 members (excludes halogenated alkanes) is 1. The zero-order valence-electron chi connectivity index (χ0n) is 14.5. The minimum Gasteiger partial charge on any atom is -0.351 e. The van der Waals surface area contributed by atoms with E-state index < -0.39 is 0 Å². The van der Waals surface area contributed by atoms with Gasteiger partial charge in [0.25, 0.3) is 0 Å². The van der Waals surface area contributed by atoms with Crippen molar-refractivity contribution >= 4 is 22.3 Å². The zero-order valence-corrected chi connectivity index (χ0v) is 14.5. The second-order valence-corrected chi connectivity index (χ2v) is 6.80. The number of benzene rings is 2. The summed E-state index contributed by atoms with van der Waals surface area (Å²) in [5, 5.41) is 1.28. The smallest absolute Gasteiger partial charge is 0.0488 e. The molecule has 0 aliphatic carbocycles. The van der Waals surface area contributed by atoms with Gasteiger partial charge in [0.15, 0.2) is 0 Å². The van der Waals surface area contributed by atoms with Crippen molar-refractivity contribution in [3.05, 3.63) is 71.9 Å². The molecule has 0 amide bonds. The second kappa shape index (κ2) is 5.86. The predicted octanol–water partition coefficient (Wildman–Crippen LogP) is 5.51. The lowest BCUT2D eigenvalue weighted by atomic mass is 10.0. The molecule has 0 bridgehead atoms. The summed E-state index contributed by atoms with van der Waals surface area (Å²) < 4.78 is 2.16. The van der Waals surface area contributed by atoms with Crippen molar-refractivity contribution < 1.29 is 0 Å². The molecule has 1 aliphatic heterocycles. The third-order valence-corrected chi connectivity index (χ3v) is 5.14. The van der Waals surface area contributed by atoms with Crippen LogP contribution in [0.5, 0.6) is 0 Å². The molecule has 122 valence electrons. The van der Waals surface area contributed by atoms with Gasteiger partial charge in [0.1, 0.15) is 0 Å². The topological polar surface area (TPSA) is 8.17 Å². The third kappa shape index (κ3) is 2.43. The summed E-state index contributed by atoms with van der Waals surface area (Å²) in [6, 6.07) is 15.8. The molecule has 24 heavy (non-hydrogen) atoms. The van der Waals surface area contributed by atoms with E-state index in [0.717, 1.165) is 18.7 Å². The lowest BCUT2D eigenvalue weighted by molar-refractivity contribution is 0.794. The van der Waals surface area contributed by atoms with Crippen molar-refractivity contribution in [3.63, 3.8) is 0 Å². The first kappa shape index (κ1) is 15.1. The van der Waals surface area contributed by atoms with Gasteiger partial charge in [-0.25, -0.2) is 0 Å². The van der Waals surface area contributed by atoms with Gasteiger partial charge in [0, 0.05) is 47.6 Å². The van der Waals surface area contributed by atoms with Gasteiger partial charge >= 0.3 is 0 Å². The lowest BCUT2D eigenvalue weighted by Gasteiger charge is -2.19.